The maximum atomic E-state index is 12.6. The standard InChI is InChI=1S/C19H18N2O6/c1-9-5-15(22)17(24)18(27-9)12(8-16(20)23)13-7-10-6-11(26-2)3-4-14(10)21-19(13)25/h3-7,12,24H,8H2,1-2H3,(H2,20,23)(H,21,25)/t12-/m1/s1. The van der Waals surface area contributed by atoms with E-state index in [0.717, 1.165) is 6.07 Å². The monoisotopic (exact) mass is 370 g/mol. The van der Waals surface area contributed by atoms with Gasteiger partial charge < -0.3 is 25.0 Å². The molecule has 3 aromatic rings. The van der Waals surface area contributed by atoms with Gasteiger partial charge in [-0.3, -0.25) is 14.4 Å². The zero-order valence-corrected chi connectivity index (χ0v) is 14.7. The highest BCUT2D eigenvalue weighted by Crippen LogP contribution is 2.32. The van der Waals surface area contributed by atoms with Gasteiger partial charge in [0, 0.05) is 29.0 Å². The van der Waals surface area contributed by atoms with E-state index in [2.05, 4.69) is 4.98 Å². The first-order valence-electron chi connectivity index (χ1n) is 8.13. The summed E-state index contributed by atoms with van der Waals surface area (Å²) in [4.78, 5) is 38.9. The highest BCUT2D eigenvalue weighted by molar-refractivity contribution is 5.81. The first-order chi connectivity index (χ1) is 12.8. The minimum Gasteiger partial charge on any atom is -0.502 e. The molecular weight excluding hydrogens is 352 g/mol. The van der Waals surface area contributed by atoms with Gasteiger partial charge in [-0.05, 0) is 31.2 Å². The van der Waals surface area contributed by atoms with Crippen molar-refractivity contribution in [2.45, 2.75) is 19.3 Å². The van der Waals surface area contributed by atoms with Gasteiger partial charge in [-0.1, -0.05) is 0 Å². The molecule has 2 aromatic heterocycles. The van der Waals surface area contributed by atoms with E-state index in [1.54, 1.807) is 24.3 Å². The number of carbonyl (C=O) groups excluding carboxylic acids is 1. The number of aromatic hydroxyl groups is 1. The number of carbonyl (C=O) groups is 1. The molecule has 27 heavy (non-hydrogen) atoms. The molecule has 8 heteroatoms. The van der Waals surface area contributed by atoms with Crippen LogP contribution in [0.2, 0.25) is 0 Å². The summed E-state index contributed by atoms with van der Waals surface area (Å²) in [5.41, 5.74) is 4.89. The fourth-order valence-electron chi connectivity index (χ4n) is 2.99. The number of pyridine rings is 1. The molecule has 0 aliphatic rings. The van der Waals surface area contributed by atoms with E-state index >= 15 is 0 Å². The van der Waals surface area contributed by atoms with Gasteiger partial charge in [0.05, 0.1) is 13.0 Å². The molecule has 0 saturated heterocycles. The van der Waals surface area contributed by atoms with E-state index in [9.17, 15) is 19.5 Å². The van der Waals surface area contributed by atoms with Gasteiger partial charge in [0.2, 0.25) is 17.1 Å². The number of nitrogens with one attached hydrogen (secondary N) is 1. The average molecular weight is 370 g/mol. The number of H-pyrrole nitrogens is 1. The number of nitrogens with two attached hydrogens (primary N) is 1. The van der Waals surface area contributed by atoms with Crippen molar-refractivity contribution in [1.82, 2.24) is 4.98 Å². The lowest BCUT2D eigenvalue weighted by Crippen LogP contribution is -2.23. The topological polar surface area (TPSA) is 136 Å². The molecule has 0 spiro atoms. The summed E-state index contributed by atoms with van der Waals surface area (Å²) in [5, 5.41) is 10.8. The Morgan fingerprint density at radius 2 is 2.04 bits per heavy atom. The van der Waals surface area contributed by atoms with Crippen LogP contribution in [-0.4, -0.2) is 23.1 Å². The van der Waals surface area contributed by atoms with Crippen molar-refractivity contribution in [1.29, 1.82) is 0 Å². The molecule has 1 amide bonds. The molecule has 140 valence electrons. The number of aromatic nitrogens is 1. The summed E-state index contributed by atoms with van der Waals surface area (Å²) in [6.07, 6.45) is -0.321. The van der Waals surface area contributed by atoms with Gasteiger partial charge in [0.1, 0.15) is 11.5 Å². The molecule has 0 radical (unpaired) electrons. The largest absolute Gasteiger partial charge is 0.502 e. The van der Waals surface area contributed by atoms with Crippen LogP contribution in [0.4, 0.5) is 0 Å². The number of aromatic amines is 1. The van der Waals surface area contributed by atoms with E-state index in [4.69, 9.17) is 14.9 Å². The normalized spacial score (nSPS) is 12.1. The number of fused-ring (bicyclic) bond motifs is 1. The summed E-state index contributed by atoms with van der Waals surface area (Å²) in [5.74, 6) is -1.75. The number of aryl methyl sites for hydroxylation is 1. The third-order valence-corrected chi connectivity index (χ3v) is 4.25. The number of benzene rings is 1. The Labute approximate surface area is 153 Å². The van der Waals surface area contributed by atoms with Gasteiger partial charge in [-0.25, -0.2) is 0 Å². The Morgan fingerprint density at radius 3 is 2.70 bits per heavy atom. The highest BCUT2D eigenvalue weighted by Gasteiger charge is 2.27. The first kappa shape index (κ1) is 18.2. The van der Waals surface area contributed by atoms with Crippen LogP contribution in [0, 0.1) is 6.92 Å². The van der Waals surface area contributed by atoms with E-state index in [1.165, 1.54) is 14.0 Å². The fraction of sp³-hybridized carbons (Fsp3) is 0.211. The third kappa shape index (κ3) is 3.55. The van der Waals surface area contributed by atoms with Crippen LogP contribution in [0.25, 0.3) is 10.9 Å². The van der Waals surface area contributed by atoms with E-state index in [0.29, 0.717) is 16.7 Å². The van der Waals surface area contributed by atoms with Crippen LogP contribution in [0.1, 0.15) is 29.4 Å². The molecule has 0 aliphatic carbocycles. The molecule has 3 rings (SSSR count). The van der Waals surface area contributed by atoms with Crippen molar-refractivity contribution in [3.8, 4) is 11.5 Å². The van der Waals surface area contributed by atoms with E-state index in [1.807, 2.05) is 0 Å². The van der Waals surface area contributed by atoms with Crippen LogP contribution in [-0.2, 0) is 4.79 Å². The number of ether oxygens (including phenoxy) is 1. The van der Waals surface area contributed by atoms with Crippen molar-refractivity contribution >= 4 is 16.8 Å². The second-order valence-corrected chi connectivity index (χ2v) is 6.16. The van der Waals surface area contributed by atoms with Crippen LogP contribution >= 0.6 is 0 Å². The maximum Gasteiger partial charge on any atom is 0.252 e. The van der Waals surface area contributed by atoms with Crippen LogP contribution in [0.3, 0.4) is 0 Å². The summed E-state index contributed by atoms with van der Waals surface area (Å²) in [6.45, 7) is 1.53. The van der Waals surface area contributed by atoms with E-state index < -0.39 is 28.6 Å². The van der Waals surface area contributed by atoms with Gasteiger partial charge in [-0.2, -0.15) is 0 Å². The van der Waals surface area contributed by atoms with Crippen LogP contribution in [0.5, 0.6) is 11.5 Å². The Kier molecular flexibility index (Phi) is 4.72. The highest BCUT2D eigenvalue weighted by atomic mass is 16.5. The van der Waals surface area contributed by atoms with Crippen molar-refractivity contribution in [2.75, 3.05) is 7.11 Å². The lowest BCUT2D eigenvalue weighted by molar-refractivity contribution is -0.118. The minimum atomic E-state index is -1.02. The number of hydrogen-bond donors (Lipinski definition) is 3. The molecule has 2 heterocycles. The average Bonchev–Trinajstić information content (AvgIpc) is 2.62. The first-order valence-corrected chi connectivity index (χ1v) is 8.13. The number of primary amides is 1. The SMILES string of the molecule is COc1ccc2[nH]c(=O)c([C@@H](CC(N)=O)c3oc(C)cc(=O)c3O)cc2c1. The van der Waals surface area contributed by atoms with Gasteiger partial charge >= 0.3 is 0 Å². The molecule has 4 N–H and O–H groups in total. The van der Waals surface area contributed by atoms with Crippen LogP contribution in [0.15, 0.2) is 44.3 Å². The molecular formula is C19H18N2O6. The number of hydrogen-bond acceptors (Lipinski definition) is 6. The van der Waals surface area contributed by atoms with Crippen molar-refractivity contribution in [3.05, 3.63) is 68.0 Å². The predicted octanol–water partition coefficient (Wildman–Crippen LogP) is 1.51. The summed E-state index contributed by atoms with van der Waals surface area (Å²) in [7, 11) is 1.52. The second-order valence-electron chi connectivity index (χ2n) is 6.16. The van der Waals surface area contributed by atoms with Crippen molar-refractivity contribution in [2.24, 2.45) is 5.73 Å². The van der Waals surface area contributed by atoms with Gasteiger partial charge in [-0.15, -0.1) is 0 Å². The Balaban J connectivity index is 2.27. The lowest BCUT2D eigenvalue weighted by Gasteiger charge is -2.16. The van der Waals surface area contributed by atoms with Gasteiger partial charge in [0.25, 0.3) is 5.56 Å². The number of amides is 1. The second kappa shape index (κ2) is 6.99. The quantitative estimate of drug-likeness (QED) is 0.623. The summed E-state index contributed by atoms with van der Waals surface area (Å²) < 4.78 is 10.7. The van der Waals surface area contributed by atoms with E-state index in [-0.39, 0.29) is 23.5 Å². The smallest absolute Gasteiger partial charge is 0.252 e. The zero-order valence-electron chi connectivity index (χ0n) is 14.7. The molecule has 0 aliphatic heterocycles. The lowest BCUT2D eigenvalue weighted by atomic mass is 9.92. The summed E-state index contributed by atoms with van der Waals surface area (Å²) >= 11 is 0. The van der Waals surface area contributed by atoms with Crippen molar-refractivity contribution in [3.63, 3.8) is 0 Å². The number of rotatable bonds is 5. The Hall–Kier alpha value is -3.55. The molecule has 8 nitrogen and oxygen atoms in total. The number of methoxy groups -OCH3 is 1. The van der Waals surface area contributed by atoms with Crippen LogP contribution < -0.4 is 21.5 Å². The fourth-order valence-corrected chi connectivity index (χ4v) is 2.99. The molecule has 0 unspecified atom stereocenters. The zero-order chi connectivity index (χ0) is 19.7. The third-order valence-electron chi connectivity index (χ3n) is 4.25. The molecule has 0 saturated carbocycles. The van der Waals surface area contributed by atoms with Gasteiger partial charge in [0.15, 0.2) is 5.76 Å². The Bertz CT molecular complexity index is 1150. The predicted molar refractivity (Wildman–Crippen MR) is 98.2 cm³/mol. The Morgan fingerprint density at radius 1 is 1.30 bits per heavy atom. The minimum absolute atomic E-state index is 0.138. The van der Waals surface area contributed by atoms with Crippen molar-refractivity contribution < 1.29 is 19.1 Å². The molecule has 1 aromatic carbocycles. The summed E-state index contributed by atoms with van der Waals surface area (Å²) in [6, 6.07) is 7.78. The molecule has 0 bridgehead atoms. The maximum absolute atomic E-state index is 12.6. The molecule has 1 atom stereocenters. The molecule has 0 fully saturated rings.